The first-order chi connectivity index (χ1) is 33.3. The zero-order valence-electron chi connectivity index (χ0n) is 42.1. The second-order valence-electron chi connectivity index (χ2n) is 18.8. The fraction of sp³-hybridized carbons (Fsp3) is 0.750. The molecule has 2 aliphatic heterocycles. The SMILES string of the molecule is CC(=O)NCSC[C@@H](NC(=O)CN(C(=O)CN(C)C)C(C)(C)C)C(=O)NCC(=O)NC(C(=O)NC(CCCCN)C(=O)N1CCCC1C(=O)N1CCCC1C(=O)NC(CCCN=C(N)N)C(=O)O)C(C)O. The van der Waals surface area contributed by atoms with Gasteiger partial charge in [-0.2, -0.15) is 0 Å². The summed E-state index contributed by atoms with van der Waals surface area (Å²) in [5.41, 5.74) is 15.7. The zero-order chi connectivity index (χ0) is 53.6. The molecule has 2 heterocycles. The van der Waals surface area contributed by atoms with Gasteiger partial charge in [-0.25, -0.2) is 4.79 Å². The molecule has 0 aromatic rings. The number of nitrogens with one attached hydrogen (secondary N) is 6. The fourth-order valence-electron chi connectivity index (χ4n) is 7.89. The number of hydrogen-bond donors (Lipinski definition) is 11. The summed E-state index contributed by atoms with van der Waals surface area (Å²) < 4.78 is 0. The number of unbranched alkanes of at least 4 members (excludes halogenated alkanes) is 1. The number of aliphatic hydroxyl groups is 1. The van der Waals surface area contributed by atoms with E-state index < -0.39 is 102 Å². The molecule has 0 radical (unpaired) electrons. The van der Waals surface area contributed by atoms with Crippen molar-refractivity contribution in [2.45, 2.75) is 140 Å². The Kier molecular flexibility index (Phi) is 26.1. The predicted molar refractivity (Wildman–Crippen MR) is 263 cm³/mol. The average Bonchev–Trinajstić information content (AvgIpc) is 3.98. The molecule has 27 heteroatoms. The van der Waals surface area contributed by atoms with Crippen molar-refractivity contribution in [1.82, 2.24) is 51.5 Å². The summed E-state index contributed by atoms with van der Waals surface area (Å²) in [4.78, 5) is 142. The molecule has 402 valence electrons. The second kappa shape index (κ2) is 30.2. The number of carboxylic acids is 1. The number of nitrogens with two attached hydrogens (primary N) is 3. The van der Waals surface area contributed by atoms with Gasteiger partial charge >= 0.3 is 5.97 Å². The first-order valence-electron chi connectivity index (χ1n) is 23.8. The third kappa shape index (κ3) is 21.2. The molecule has 26 nitrogen and oxygen atoms in total. The van der Waals surface area contributed by atoms with E-state index in [1.807, 2.05) is 0 Å². The maximum Gasteiger partial charge on any atom is 0.326 e. The highest BCUT2D eigenvalue weighted by molar-refractivity contribution is 7.99. The van der Waals surface area contributed by atoms with E-state index in [-0.39, 0.29) is 101 Å². The van der Waals surface area contributed by atoms with E-state index in [0.717, 1.165) is 11.8 Å². The molecule has 71 heavy (non-hydrogen) atoms. The summed E-state index contributed by atoms with van der Waals surface area (Å²) >= 11 is 1.11. The van der Waals surface area contributed by atoms with Crippen LogP contribution in [0.15, 0.2) is 4.99 Å². The Hall–Kier alpha value is -5.80. The third-order valence-electron chi connectivity index (χ3n) is 11.5. The molecule has 7 atom stereocenters. The monoisotopic (exact) mass is 1030 g/mol. The van der Waals surface area contributed by atoms with Crippen molar-refractivity contribution < 1.29 is 58.2 Å². The lowest BCUT2D eigenvalue weighted by Gasteiger charge is -2.36. The minimum absolute atomic E-state index is 0.0290. The zero-order valence-corrected chi connectivity index (χ0v) is 42.9. The summed E-state index contributed by atoms with van der Waals surface area (Å²) in [6, 6.07) is -7.37. The van der Waals surface area contributed by atoms with Gasteiger partial charge in [0.25, 0.3) is 0 Å². The smallest absolute Gasteiger partial charge is 0.326 e. The molecule has 0 bridgehead atoms. The molecule has 9 amide bonds. The first-order valence-corrected chi connectivity index (χ1v) is 25.0. The number of rotatable bonds is 29. The molecule has 2 rings (SSSR count). The maximum atomic E-state index is 14.3. The standard InChI is InChI=1S/C44H78N14O12S/c1-26(59)36(54-33(61)21-49-37(64)30(24-71-25-50-27(2)60)51-34(62)22-58(44(3,4)5)35(63)23-55(6)7)39(66)52-28(13-8-9-17-45)40(67)57-20-12-16-32(57)41(68)56-19-11-15-31(56)38(65)53-29(42(69)70)14-10-18-48-43(46)47/h26,28-32,36,59H,8-25,45H2,1-7H3,(H,49,64)(H,50,60)(H,51,62)(H,52,66)(H,53,65)(H,54,61)(H,69,70)(H4,46,47,48)/t26?,28?,29?,30-,31?,32?,36?/m1/s1. The lowest BCUT2D eigenvalue weighted by molar-refractivity contribution is -0.149. The summed E-state index contributed by atoms with van der Waals surface area (Å²) in [7, 11) is 3.41. The van der Waals surface area contributed by atoms with E-state index in [4.69, 9.17) is 17.2 Å². The Morgan fingerprint density at radius 2 is 1.42 bits per heavy atom. The number of aliphatic hydroxyl groups excluding tert-OH is 1. The maximum absolute atomic E-state index is 14.3. The average molecular weight is 1030 g/mol. The Labute approximate surface area is 419 Å². The number of nitrogens with zero attached hydrogens (tertiary/aromatic N) is 5. The van der Waals surface area contributed by atoms with Crippen LogP contribution in [0.3, 0.4) is 0 Å². The second-order valence-corrected chi connectivity index (χ2v) is 19.9. The molecule has 6 unspecified atom stereocenters. The largest absolute Gasteiger partial charge is 0.480 e. The number of likely N-dealkylation sites (tertiary alicyclic amines) is 2. The van der Waals surface area contributed by atoms with Gasteiger partial charge in [0.2, 0.25) is 53.2 Å². The van der Waals surface area contributed by atoms with E-state index in [1.165, 1.54) is 28.5 Å². The minimum Gasteiger partial charge on any atom is -0.480 e. The molecule has 14 N–H and O–H groups in total. The summed E-state index contributed by atoms with van der Waals surface area (Å²) in [5, 5.41) is 35.6. The Morgan fingerprint density at radius 1 is 0.789 bits per heavy atom. The summed E-state index contributed by atoms with van der Waals surface area (Å²) in [6.45, 7) is 7.51. The van der Waals surface area contributed by atoms with Gasteiger partial charge in [0.05, 0.1) is 25.1 Å². The van der Waals surface area contributed by atoms with Gasteiger partial charge in [-0.05, 0) is 106 Å². The van der Waals surface area contributed by atoms with Crippen LogP contribution in [0.25, 0.3) is 0 Å². The van der Waals surface area contributed by atoms with Crippen molar-refractivity contribution in [1.29, 1.82) is 0 Å². The number of likely N-dealkylation sites (N-methyl/N-ethyl adjacent to an activating group) is 1. The number of guanidine groups is 1. The van der Waals surface area contributed by atoms with Crippen LogP contribution < -0.4 is 49.1 Å². The molecular weight excluding hydrogens is 949 g/mol. The number of aliphatic carboxylic acids is 1. The Balaban J connectivity index is 2.20. The summed E-state index contributed by atoms with van der Waals surface area (Å²) in [5.74, 6) is -7.12. The fourth-order valence-corrected chi connectivity index (χ4v) is 8.79. The van der Waals surface area contributed by atoms with E-state index in [9.17, 15) is 58.2 Å². The van der Waals surface area contributed by atoms with Crippen LogP contribution >= 0.6 is 11.8 Å². The van der Waals surface area contributed by atoms with Gasteiger partial charge in [-0.3, -0.25) is 48.1 Å². The van der Waals surface area contributed by atoms with E-state index in [1.54, 1.807) is 39.8 Å². The van der Waals surface area contributed by atoms with Gasteiger partial charge in [-0.15, -0.1) is 11.8 Å². The summed E-state index contributed by atoms with van der Waals surface area (Å²) in [6.07, 6.45) is 1.12. The van der Waals surface area contributed by atoms with Gasteiger partial charge in [0.15, 0.2) is 5.96 Å². The quantitative estimate of drug-likeness (QED) is 0.0146. The van der Waals surface area contributed by atoms with Crippen molar-refractivity contribution in [3.8, 4) is 0 Å². The molecule has 0 spiro atoms. The van der Waals surface area contributed by atoms with Crippen LogP contribution in [-0.4, -0.2) is 214 Å². The highest BCUT2D eigenvalue weighted by atomic mass is 32.2. The molecule has 2 saturated heterocycles. The van der Waals surface area contributed by atoms with E-state index >= 15 is 0 Å². The number of aliphatic imine (C=N–C) groups is 1. The predicted octanol–water partition coefficient (Wildman–Crippen LogP) is -4.31. The highest BCUT2D eigenvalue weighted by Crippen LogP contribution is 2.26. The molecule has 2 fully saturated rings. The molecule has 2 aliphatic rings. The van der Waals surface area contributed by atoms with E-state index in [0.29, 0.717) is 25.7 Å². The normalized spacial score (nSPS) is 17.7. The van der Waals surface area contributed by atoms with Crippen LogP contribution in [0, 0.1) is 0 Å². The minimum atomic E-state index is -1.63. The molecule has 0 aliphatic carbocycles. The Bertz CT molecular complexity index is 1900. The van der Waals surface area contributed by atoms with Crippen LogP contribution in [0.4, 0.5) is 0 Å². The topological polar surface area (TPSA) is 387 Å². The molecule has 0 saturated carbocycles. The van der Waals surface area contributed by atoms with Gasteiger partial charge in [-0.1, -0.05) is 0 Å². The molecule has 0 aromatic carbocycles. The van der Waals surface area contributed by atoms with Crippen molar-refractivity contribution >= 4 is 76.9 Å². The van der Waals surface area contributed by atoms with Gasteiger partial charge in [0, 0.05) is 37.8 Å². The number of carbonyl (C=O) groups excluding carboxylic acids is 9. The first kappa shape index (κ1) is 61.3. The van der Waals surface area contributed by atoms with Crippen molar-refractivity contribution in [2.75, 3.05) is 71.5 Å². The van der Waals surface area contributed by atoms with Gasteiger partial charge in [0.1, 0.15) is 42.8 Å². The lowest BCUT2D eigenvalue weighted by atomic mass is 10.0. The molecule has 0 aromatic heterocycles. The molecular formula is C44H78N14O12S. The number of carbonyl (C=O) groups is 10. The van der Waals surface area contributed by atoms with Gasteiger partial charge < -0.3 is 78.9 Å². The van der Waals surface area contributed by atoms with Crippen molar-refractivity contribution in [3.05, 3.63) is 0 Å². The van der Waals surface area contributed by atoms with Crippen LogP contribution in [0.1, 0.15) is 92.4 Å². The van der Waals surface area contributed by atoms with Crippen LogP contribution in [0.5, 0.6) is 0 Å². The van der Waals surface area contributed by atoms with Crippen LogP contribution in [-0.2, 0) is 47.9 Å². The lowest BCUT2D eigenvalue weighted by Crippen LogP contribution is -2.60. The van der Waals surface area contributed by atoms with E-state index in [2.05, 4.69) is 36.9 Å². The number of amides is 9. The third-order valence-corrected chi connectivity index (χ3v) is 12.4. The van der Waals surface area contributed by atoms with Crippen molar-refractivity contribution in [3.63, 3.8) is 0 Å². The number of thioether (sulfide) groups is 1. The Morgan fingerprint density at radius 3 is 2.00 bits per heavy atom. The number of carboxylic acid groups (broad SMARTS) is 1. The highest BCUT2D eigenvalue weighted by Gasteiger charge is 2.44. The number of hydrogen-bond acceptors (Lipinski definition) is 15. The van der Waals surface area contributed by atoms with Crippen LogP contribution in [0.2, 0.25) is 0 Å². The van der Waals surface area contributed by atoms with Crippen molar-refractivity contribution in [2.24, 2.45) is 22.2 Å².